The molecule has 0 radical (unpaired) electrons. The number of halogens is 1. The number of methoxy groups -OCH3 is 1. The van der Waals surface area contributed by atoms with Crippen molar-refractivity contribution in [2.24, 2.45) is 0 Å². The van der Waals surface area contributed by atoms with Crippen LogP contribution in [0, 0.1) is 5.82 Å². The third kappa shape index (κ3) is 3.17. The molecule has 1 aromatic heterocycles. The first kappa shape index (κ1) is 13.2. The summed E-state index contributed by atoms with van der Waals surface area (Å²) in [5.74, 6) is 1.12. The first-order valence-electron chi connectivity index (χ1n) is 5.72. The average molecular weight is 262 g/mol. The van der Waals surface area contributed by atoms with Crippen LogP contribution in [-0.4, -0.2) is 24.1 Å². The second-order valence-electron chi connectivity index (χ2n) is 4.04. The summed E-state index contributed by atoms with van der Waals surface area (Å²) < 4.78 is 18.2. The lowest BCUT2D eigenvalue weighted by Crippen LogP contribution is -2.14. The fourth-order valence-corrected chi connectivity index (χ4v) is 1.69. The molecule has 100 valence electrons. The Hall–Kier alpha value is -2.21. The van der Waals surface area contributed by atoms with E-state index in [-0.39, 0.29) is 12.4 Å². The Kier molecular flexibility index (Phi) is 3.91. The van der Waals surface area contributed by atoms with Gasteiger partial charge in [-0.3, -0.25) is 0 Å². The molecular formula is C13H15FN4O. The van der Waals surface area contributed by atoms with E-state index in [1.165, 1.54) is 12.1 Å². The fraction of sp³-hybridized carbons (Fsp3) is 0.231. The summed E-state index contributed by atoms with van der Waals surface area (Å²) in [7, 11) is 3.34. The number of anilines is 3. The van der Waals surface area contributed by atoms with E-state index in [4.69, 9.17) is 10.5 Å². The van der Waals surface area contributed by atoms with Gasteiger partial charge >= 0.3 is 0 Å². The highest BCUT2D eigenvalue weighted by Crippen LogP contribution is 2.23. The second kappa shape index (κ2) is 5.62. The Labute approximate surface area is 110 Å². The van der Waals surface area contributed by atoms with Crippen LogP contribution in [0.2, 0.25) is 0 Å². The number of nitrogens with two attached hydrogens (primary N) is 1. The molecule has 19 heavy (non-hydrogen) atoms. The van der Waals surface area contributed by atoms with Crippen molar-refractivity contribution in [2.45, 2.75) is 6.61 Å². The van der Waals surface area contributed by atoms with Crippen LogP contribution >= 0.6 is 0 Å². The van der Waals surface area contributed by atoms with Crippen LogP contribution in [0.3, 0.4) is 0 Å². The summed E-state index contributed by atoms with van der Waals surface area (Å²) in [6, 6.07) is 7.87. The zero-order valence-corrected chi connectivity index (χ0v) is 10.8. The molecular weight excluding hydrogens is 247 g/mol. The number of hydrogen-bond donors (Lipinski definition) is 1. The maximum Gasteiger partial charge on any atom is 0.158 e. The van der Waals surface area contributed by atoms with E-state index in [1.807, 2.05) is 0 Å². The van der Waals surface area contributed by atoms with Gasteiger partial charge in [0.15, 0.2) is 5.82 Å². The summed E-state index contributed by atoms with van der Waals surface area (Å²) in [6.07, 6.45) is 0. The highest BCUT2D eigenvalue weighted by Gasteiger charge is 2.09. The molecule has 0 saturated heterocycles. The molecule has 0 spiro atoms. The number of rotatable bonds is 4. The number of nitrogen functional groups attached to an aromatic ring is 1. The first-order chi connectivity index (χ1) is 9.10. The molecule has 1 aromatic carbocycles. The van der Waals surface area contributed by atoms with Crippen molar-refractivity contribution in [3.8, 4) is 0 Å². The predicted molar refractivity (Wildman–Crippen MR) is 71.6 cm³/mol. The third-order valence-electron chi connectivity index (χ3n) is 2.59. The first-order valence-corrected chi connectivity index (χ1v) is 5.72. The predicted octanol–water partition coefficient (Wildman–Crippen LogP) is 2.11. The van der Waals surface area contributed by atoms with Crippen molar-refractivity contribution in [1.82, 2.24) is 9.97 Å². The summed E-state index contributed by atoms with van der Waals surface area (Å²) in [6.45, 7) is 0.273. The standard InChI is InChI=1S/C13H15FN4O/c1-18(10-5-3-4-9(14)6-10)13-7-11(15)16-12(17-13)8-19-2/h3-7H,8H2,1-2H3,(H2,15,16,17). The van der Waals surface area contributed by atoms with Gasteiger partial charge in [-0.2, -0.15) is 0 Å². The molecule has 0 fully saturated rings. The van der Waals surface area contributed by atoms with Crippen molar-refractivity contribution in [3.63, 3.8) is 0 Å². The molecule has 0 atom stereocenters. The Bertz CT molecular complexity index is 576. The fourth-order valence-electron chi connectivity index (χ4n) is 1.69. The number of hydrogen-bond acceptors (Lipinski definition) is 5. The lowest BCUT2D eigenvalue weighted by molar-refractivity contribution is 0.178. The van der Waals surface area contributed by atoms with E-state index < -0.39 is 0 Å². The average Bonchev–Trinajstić information content (AvgIpc) is 2.37. The SMILES string of the molecule is COCc1nc(N)cc(N(C)c2cccc(F)c2)n1. The quantitative estimate of drug-likeness (QED) is 0.914. The van der Waals surface area contributed by atoms with E-state index in [2.05, 4.69) is 9.97 Å². The molecule has 0 unspecified atom stereocenters. The molecule has 0 aliphatic heterocycles. The van der Waals surface area contributed by atoms with Gasteiger partial charge in [0.1, 0.15) is 24.1 Å². The number of aromatic nitrogens is 2. The van der Waals surface area contributed by atoms with Crippen molar-refractivity contribution in [3.05, 3.63) is 42.0 Å². The van der Waals surface area contributed by atoms with Crippen LogP contribution in [0.25, 0.3) is 0 Å². The second-order valence-corrected chi connectivity index (χ2v) is 4.04. The molecule has 2 N–H and O–H groups in total. The minimum atomic E-state index is -0.302. The Morgan fingerprint density at radius 2 is 2.11 bits per heavy atom. The van der Waals surface area contributed by atoms with Crippen LogP contribution in [0.5, 0.6) is 0 Å². The summed E-state index contributed by atoms with van der Waals surface area (Å²) in [5.41, 5.74) is 6.41. The van der Waals surface area contributed by atoms with Crippen LogP contribution < -0.4 is 10.6 Å². The van der Waals surface area contributed by atoms with Crippen molar-refractivity contribution in [1.29, 1.82) is 0 Å². The van der Waals surface area contributed by atoms with Crippen molar-refractivity contribution >= 4 is 17.3 Å². The lowest BCUT2D eigenvalue weighted by atomic mass is 10.3. The summed E-state index contributed by atoms with van der Waals surface area (Å²) in [5, 5.41) is 0. The third-order valence-corrected chi connectivity index (χ3v) is 2.59. The van der Waals surface area contributed by atoms with Crippen molar-refractivity contribution in [2.75, 3.05) is 24.8 Å². The highest BCUT2D eigenvalue weighted by atomic mass is 19.1. The molecule has 0 saturated carbocycles. The molecule has 0 bridgehead atoms. The molecule has 0 amide bonds. The monoisotopic (exact) mass is 262 g/mol. The number of nitrogens with zero attached hydrogens (tertiary/aromatic N) is 3. The number of benzene rings is 1. The van der Waals surface area contributed by atoms with Crippen LogP contribution in [0.15, 0.2) is 30.3 Å². The van der Waals surface area contributed by atoms with E-state index in [0.717, 1.165) is 0 Å². The van der Waals surface area contributed by atoms with Gasteiger partial charge in [0.25, 0.3) is 0 Å². The van der Waals surface area contributed by atoms with Crippen LogP contribution in [-0.2, 0) is 11.3 Å². The molecule has 0 aliphatic carbocycles. The van der Waals surface area contributed by atoms with Crippen LogP contribution in [0.4, 0.5) is 21.7 Å². The Morgan fingerprint density at radius 3 is 2.79 bits per heavy atom. The molecule has 5 nitrogen and oxygen atoms in total. The van der Waals surface area contributed by atoms with Gasteiger partial charge in [0.2, 0.25) is 0 Å². The molecule has 2 rings (SSSR count). The van der Waals surface area contributed by atoms with Crippen LogP contribution in [0.1, 0.15) is 5.82 Å². The lowest BCUT2D eigenvalue weighted by Gasteiger charge is -2.19. The van der Waals surface area contributed by atoms with Gasteiger partial charge in [0, 0.05) is 25.9 Å². The largest absolute Gasteiger partial charge is 0.384 e. The number of ether oxygens (including phenoxy) is 1. The molecule has 0 aliphatic rings. The van der Waals surface area contributed by atoms with Crippen molar-refractivity contribution < 1.29 is 9.13 Å². The van der Waals surface area contributed by atoms with E-state index in [0.29, 0.717) is 23.1 Å². The Morgan fingerprint density at radius 1 is 1.32 bits per heavy atom. The summed E-state index contributed by atoms with van der Waals surface area (Å²) in [4.78, 5) is 10.1. The van der Waals surface area contributed by atoms with E-state index in [9.17, 15) is 4.39 Å². The van der Waals surface area contributed by atoms with Gasteiger partial charge in [-0.25, -0.2) is 14.4 Å². The van der Waals surface area contributed by atoms with Gasteiger partial charge in [-0.05, 0) is 18.2 Å². The maximum atomic E-state index is 13.2. The smallest absolute Gasteiger partial charge is 0.158 e. The van der Waals surface area contributed by atoms with E-state index in [1.54, 1.807) is 37.3 Å². The topological polar surface area (TPSA) is 64.3 Å². The van der Waals surface area contributed by atoms with Gasteiger partial charge in [0.05, 0.1) is 0 Å². The molecule has 1 heterocycles. The zero-order chi connectivity index (χ0) is 13.8. The van der Waals surface area contributed by atoms with Gasteiger partial charge in [-0.15, -0.1) is 0 Å². The summed E-state index contributed by atoms with van der Waals surface area (Å²) >= 11 is 0. The maximum absolute atomic E-state index is 13.2. The van der Waals surface area contributed by atoms with Gasteiger partial charge < -0.3 is 15.4 Å². The molecule has 6 heteroatoms. The zero-order valence-electron chi connectivity index (χ0n) is 10.8. The highest BCUT2D eigenvalue weighted by molar-refractivity contribution is 5.61. The van der Waals surface area contributed by atoms with Gasteiger partial charge in [-0.1, -0.05) is 6.07 Å². The van der Waals surface area contributed by atoms with E-state index >= 15 is 0 Å². The molecule has 2 aromatic rings. The normalized spacial score (nSPS) is 10.5. The Balaban J connectivity index is 2.35. The minimum absolute atomic E-state index is 0.273. The minimum Gasteiger partial charge on any atom is -0.384 e.